The van der Waals surface area contributed by atoms with Gasteiger partial charge in [-0.2, -0.15) is 0 Å². The lowest BCUT2D eigenvalue weighted by molar-refractivity contribution is 0.0710. The summed E-state index contributed by atoms with van der Waals surface area (Å²) in [7, 11) is 3.20. The van der Waals surface area contributed by atoms with Crippen LogP contribution in [-0.2, 0) is 0 Å². The van der Waals surface area contributed by atoms with Crippen molar-refractivity contribution in [2.45, 2.75) is 13.0 Å². The molecule has 3 atom stereocenters. The van der Waals surface area contributed by atoms with Crippen molar-refractivity contribution in [3.8, 4) is 11.5 Å². The van der Waals surface area contributed by atoms with Gasteiger partial charge in [0.1, 0.15) is 11.5 Å². The zero-order chi connectivity index (χ0) is 19.0. The highest BCUT2D eigenvalue weighted by atomic mass is 16.5. The first-order valence-electron chi connectivity index (χ1n) is 9.43. The fourth-order valence-electron chi connectivity index (χ4n) is 4.58. The molecule has 1 amide bonds. The third kappa shape index (κ3) is 3.06. The number of amides is 1. The molecular formula is C22H26N2O3. The van der Waals surface area contributed by atoms with Gasteiger partial charge in [0.05, 0.1) is 25.8 Å². The van der Waals surface area contributed by atoms with Crippen LogP contribution in [-0.4, -0.2) is 44.7 Å². The Balaban J connectivity index is 1.73. The predicted molar refractivity (Wildman–Crippen MR) is 104 cm³/mol. The highest BCUT2D eigenvalue weighted by Gasteiger charge is 2.47. The summed E-state index contributed by atoms with van der Waals surface area (Å²) in [6, 6.07) is 13.9. The number of carbonyl (C=O) groups is 1. The van der Waals surface area contributed by atoms with Crippen LogP contribution in [0.2, 0.25) is 0 Å². The maximum absolute atomic E-state index is 13.5. The Bertz CT molecular complexity index is 851. The fraction of sp³-hybridized carbons (Fsp3) is 0.409. The Morgan fingerprint density at radius 3 is 2.67 bits per heavy atom. The molecule has 2 heterocycles. The molecule has 0 bridgehead atoms. The topological polar surface area (TPSA) is 50.8 Å². The summed E-state index contributed by atoms with van der Waals surface area (Å²) in [5.41, 5.74) is 3.06. The standard InChI is InChI=1S/C22H26N2O3/c1-14-6-4-5-7-17(14)21-19-12-23-11-15(19)13-24(21)22(25)18-9-8-16(26-2)10-20(18)27-3/h4-10,15,19,21,23H,11-13H2,1-3H3/t15-,19-,21-/m0/s1. The molecule has 0 unspecified atom stereocenters. The number of rotatable bonds is 4. The largest absolute Gasteiger partial charge is 0.497 e. The van der Waals surface area contributed by atoms with Crippen molar-refractivity contribution >= 4 is 5.91 Å². The molecule has 0 radical (unpaired) electrons. The number of ether oxygens (including phenoxy) is 2. The van der Waals surface area contributed by atoms with E-state index in [0.717, 1.165) is 19.6 Å². The maximum atomic E-state index is 13.5. The molecule has 2 fully saturated rings. The summed E-state index contributed by atoms with van der Waals surface area (Å²) in [5, 5.41) is 3.50. The Morgan fingerprint density at radius 1 is 1.11 bits per heavy atom. The van der Waals surface area contributed by atoms with Crippen LogP contribution < -0.4 is 14.8 Å². The lowest BCUT2D eigenvalue weighted by Crippen LogP contribution is -2.35. The Morgan fingerprint density at radius 2 is 1.93 bits per heavy atom. The maximum Gasteiger partial charge on any atom is 0.258 e. The normalized spacial score (nSPS) is 24.0. The molecule has 142 valence electrons. The van der Waals surface area contributed by atoms with Crippen LogP contribution in [0.3, 0.4) is 0 Å². The van der Waals surface area contributed by atoms with E-state index in [-0.39, 0.29) is 11.9 Å². The number of carbonyl (C=O) groups excluding carboxylic acids is 1. The van der Waals surface area contributed by atoms with E-state index in [1.54, 1.807) is 26.4 Å². The van der Waals surface area contributed by atoms with Crippen LogP contribution in [0.5, 0.6) is 11.5 Å². The molecule has 0 aliphatic carbocycles. The van der Waals surface area contributed by atoms with Gasteiger partial charge >= 0.3 is 0 Å². The van der Waals surface area contributed by atoms with Gasteiger partial charge < -0.3 is 19.7 Å². The van der Waals surface area contributed by atoms with Crippen molar-refractivity contribution in [1.29, 1.82) is 0 Å². The number of nitrogens with zero attached hydrogens (tertiary/aromatic N) is 1. The fourth-order valence-corrected chi connectivity index (χ4v) is 4.58. The van der Waals surface area contributed by atoms with Gasteiger partial charge in [0.25, 0.3) is 5.91 Å². The molecule has 2 aliphatic rings. The monoisotopic (exact) mass is 366 g/mol. The van der Waals surface area contributed by atoms with Gasteiger partial charge in [0.2, 0.25) is 0 Å². The van der Waals surface area contributed by atoms with Crippen molar-refractivity contribution in [2.75, 3.05) is 33.9 Å². The van der Waals surface area contributed by atoms with Crippen LogP contribution >= 0.6 is 0 Å². The number of fused-ring (bicyclic) bond motifs is 1. The van der Waals surface area contributed by atoms with E-state index >= 15 is 0 Å². The molecule has 5 heteroatoms. The average molecular weight is 366 g/mol. The second-order valence-electron chi connectivity index (χ2n) is 7.41. The van der Waals surface area contributed by atoms with Crippen LogP contribution in [0.4, 0.5) is 0 Å². The Labute approximate surface area is 160 Å². The molecule has 5 nitrogen and oxygen atoms in total. The van der Waals surface area contributed by atoms with Crippen molar-refractivity contribution in [1.82, 2.24) is 10.2 Å². The van der Waals surface area contributed by atoms with E-state index in [1.165, 1.54) is 11.1 Å². The number of aryl methyl sites for hydroxylation is 1. The zero-order valence-corrected chi connectivity index (χ0v) is 16.1. The van der Waals surface area contributed by atoms with Gasteiger partial charge in [0, 0.05) is 31.6 Å². The quantitative estimate of drug-likeness (QED) is 0.904. The summed E-state index contributed by atoms with van der Waals surface area (Å²) < 4.78 is 10.8. The van der Waals surface area contributed by atoms with E-state index in [9.17, 15) is 4.79 Å². The highest BCUT2D eigenvalue weighted by Crippen LogP contribution is 2.44. The van der Waals surface area contributed by atoms with Crippen molar-refractivity contribution in [3.63, 3.8) is 0 Å². The van der Waals surface area contributed by atoms with Gasteiger partial charge in [0.15, 0.2) is 0 Å². The predicted octanol–water partition coefficient (Wildman–Crippen LogP) is 3.04. The minimum absolute atomic E-state index is 0.0251. The molecule has 2 saturated heterocycles. The number of likely N-dealkylation sites (tertiary alicyclic amines) is 1. The van der Waals surface area contributed by atoms with Crippen molar-refractivity contribution in [2.24, 2.45) is 11.8 Å². The van der Waals surface area contributed by atoms with Crippen molar-refractivity contribution < 1.29 is 14.3 Å². The molecule has 0 aromatic heterocycles. The van der Waals surface area contributed by atoms with Crippen molar-refractivity contribution in [3.05, 3.63) is 59.2 Å². The lowest BCUT2D eigenvalue weighted by Gasteiger charge is -2.30. The summed E-state index contributed by atoms with van der Waals surface area (Å²) >= 11 is 0. The molecule has 4 rings (SSSR count). The zero-order valence-electron chi connectivity index (χ0n) is 16.1. The molecule has 0 spiro atoms. The molecule has 1 N–H and O–H groups in total. The third-order valence-electron chi connectivity index (χ3n) is 5.97. The van der Waals surface area contributed by atoms with E-state index in [2.05, 4.69) is 36.5 Å². The first-order valence-corrected chi connectivity index (χ1v) is 9.43. The third-order valence-corrected chi connectivity index (χ3v) is 5.97. The van der Waals surface area contributed by atoms with Crippen LogP contribution in [0.25, 0.3) is 0 Å². The Hall–Kier alpha value is -2.53. The SMILES string of the molecule is COc1ccc(C(=O)N2C[C@@H]3CNC[C@@H]3[C@@H]2c2ccccc2C)c(OC)c1. The molecular weight excluding hydrogens is 340 g/mol. The summed E-state index contributed by atoms with van der Waals surface area (Å²) in [6.07, 6.45) is 0. The van der Waals surface area contributed by atoms with E-state index < -0.39 is 0 Å². The first kappa shape index (κ1) is 17.9. The van der Waals surface area contributed by atoms with Crippen LogP contribution in [0.15, 0.2) is 42.5 Å². The van der Waals surface area contributed by atoms with E-state index in [1.807, 2.05) is 11.0 Å². The number of methoxy groups -OCH3 is 2. The average Bonchev–Trinajstić information content (AvgIpc) is 3.28. The van der Waals surface area contributed by atoms with E-state index in [0.29, 0.717) is 28.9 Å². The van der Waals surface area contributed by atoms with Crippen LogP contribution in [0, 0.1) is 18.8 Å². The minimum Gasteiger partial charge on any atom is -0.497 e. The van der Waals surface area contributed by atoms with Gasteiger partial charge in [-0.25, -0.2) is 0 Å². The van der Waals surface area contributed by atoms with Gasteiger partial charge in [-0.05, 0) is 36.1 Å². The van der Waals surface area contributed by atoms with Gasteiger partial charge in [-0.15, -0.1) is 0 Å². The minimum atomic E-state index is 0.0251. The second kappa shape index (κ2) is 7.24. The number of nitrogens with one attached hydrogen (secondary N) is 1. The van der Waals surface area contributed by atoms with Gasteiger partial charge in [-0.1, -0.05) is 24.3 Å². The number of hydrogen-bond acceptors (Lipinski definition) is 4. The van der Waals surface area contributed by atoms with E-state index in [4.69, 9.17) is 9.47 Å². The van der Waals surface area contributed by atoms with Gasteiger partial charge in [-0.3, -0.25) is 4.79 Å². The lowest BCUT2D eigenvalue weighted by atomic mass is 9.87. The number of hydrogen-bond donors (Lipinski definition) is 1. The number of benzene rings is 2. The molecule has 27 heavy (non-hydrogen) atoms. The second-order valence-corrected chi connectivity index (χ2v) is 7.41. The summed E-state index contributed by atoms with van der Waals surface area (Å²) in [4.78, 5) is 15.6. The molecule has 0 saturated carbocycles. The van der Waals surface area contributed by atoms with Crippen LogP contribution in [0.1, 0.15) is 27.5 Å². The Kier molecular flexibility index (Phi) is 4.79. The smallest absolute Gasteiger partial charge is 0.258 e. The summed E-state index contributed by atoms with van der Waals surface area (Å²) in [6.45, 7) is 4.82. The highest BCUT2D eigenvalue weighted by molar-refractivity contribution is 5.97. The molecule has 2 aliphatic heterocycles. The summed E-state index contributed by atoms with van der Waals surface area (Å²) in [5.74, 6) is 2.19. The molecule has 2 aromatic rings. The first-order chi connectivity index (χ1) is 13.1. The molecule has 2 aromatic carbocycles.